The minimum atomic E-state index is -0.406. The number of oxime groups is 1. The Labute approximate surface area is 72.0 Å². The molecule has 0 radical (unpaired) electrons. The molecular formula is C9H10N2O. The third-order valence-corrected chi connectivity index (χ3v) is 2.46. The van der Waals surface area contributed by atoms with Crippen molar-refractivity contribution in [1.82, 2.24) is 4.57 Å². The molecular weight excluding hydrogens is 152 g/mol. The molecule has 1 aromatic rings. The highest BCUT2D eigenvalue weighted by Crippen LogP contribution is 2.33. The molecule has 3 heteroatoms. The van der Waals surface area contributed by atoms with Crippen molar-refractivity contribution < 1.29 is 6.21 Å². The van der Waals surface area contributed by atoms with Crippen molar-refractivity contribution in [3.05, 3.63) is 24.0 Å². The van der Waals surface area contributed by atoms with E-state index in [0.717, 1.165) is 18.7 Å². The van der Waals surface area contributed by atoms with E-state index >= 15 is 0 Å². The van der Waals surface area contributed by atoms with Gasteiger partial charge in [-0.05, 0) is 12.1 Å². The quantitative estimate of drug-likeness (QED) is 0.564. The lowest BCUT2D eigenvalue weighted by molar-refractivity contribution is -0.0172. The molecule has 0 saturated heterocycles. The number of fused-ring (bicyclic) bond motifs is 1. The Kier molecular flexibility index (Phi) is 0.862. The molecule has 12 heavy (non-hydrogen) atoms. The molecule has 0 N–H and O–H groups in total. The van der Waals surface area contributed by atoms with Crippen LogP contribution in [-0.2, 0) is 17.8 Å². The number of aromatic nitrogens is 1. The van der Waals surface area contributed by atoms with E-state index < -0.39 is 5.60 Å². The lowest BCUT2D eigenvalue weighted by Crippen LogP contribution is -2.29. The van der Waals surface area contributed by atoms with Gasteiger partial charge in [0.25, 0.3) is 0 Å². The van der Waals surface area contributed by atoms with E-state index in [9.17, 15) is 0 Å². The normalized spacial score (nSPS) is 38.3. The minimum absolute atomic E-state index is 0.301. The van der Waals surface area contributed by atoms with Gasteiger partial charge in [0.05, 0.1) is 6.54 Å². The molecule has 3 heterocycles. The molecule has 0 amide bonds. The second-order valence-corrected chi connectivity index (χ2v) is 3.35. The molecule has 62 valence electrons. The molecule has 2 aliphatic heterocycles. The van der Waals surface area contributed by atoms with Gasteiger partial charge in [-0.2, -0.15) is 0 Å². The Hall–Kier alpha value is -1.25. The molecule has 0 saturated carbocycles. The van der Waals surface area contributed by atoms with E-state index in [1.165, 1.54) is 0 Å². The summed E-state index contributed by atoms with van der Waals surface area (Å²) < 4.78 is 10.1. The van der Waals surface area contributed by atoms with Gasteiger partial charge in [0, 0.05) is 32.3 Å². The molecule has 1 spiro atoms. The van der Waals surface area contributed by atoms with Crippen molar-refractivity contribution in [2.75, 3.05) is 0 Å². The van der Waals surface area contributed by atoms with Crippen molar-refractivity contribution in [2.45, 2.75) is 25.0 Å². The van der Waals surface area contributed by atoms with E-state index in [0.29, 0.717) is 0 Å². The first-order chi connectivity index (χ1) is 6.32. The van der Waals surface area contributed by atoms with Crippen LogP contribution < -0.4 is 0 Å². The van der Waals surface area contributed by atoms with Crippen LogP contribution in [0.3, 0.4) is 0 Å². The first-order valence-electron chi connectivity index (χ1n) is 4.67. The summed E-state index contributed by atoms with van der Waals surface area (Å²) in [7, 11) is 0. The molecule has 3 rings (SSSR count). The van der Waals surface area contributed by atoms with Crippen LogP contribution in [0, 0.1) is 0 Å². The third-order valence-electron chi connectivity index (χ3n) is 2.46. The Morgan fingerprint density at radius 2 is 2.75 bits per heavy atom. The zero-order valence-corrected chi connectivity index (χ0v) is 6.60. The number of rotatable bonds is 0. The van der Waals surface area contributed by atoms with Gasteiger partial charge >= 0.3 is 0 Å². The Balaban J connectivity index is 2.02. The maximum absolute atomic E-state index is 8.05. The van der Waals surface area contributed by atoms with E-state index in [-0.39, 0.29) is 6.40 Å². The zero-order chi connectivity index (χ0) is 8.89. The Morgan fingerprint density at radius 1 is 1.75 bits per heavy atom. The van der Waals surface area contributed by atoms with Crippen LogP contribution in [0.2, 0.25) is 0 Å². The summed E-state index contributed by atoms with van der Waals surface area (Å²) in [6.07, 6.45) is 4.20. The van der Waals surface area contributed by atoms with Gasteiger partial charge in [0.1, 0.15) is 0 Å². The first kappa shape index (κ1) is 5.41. The molecule has 2 aliphatic rings. The lowest BCUT2D eigenvalue weighted by Gasteiger charge is -2.18. The molecule has 0 bridgehead atoms. The van der Waals surface area contributed by atoms with Crippen molar-refractivity contribution in [1.29, 1.82) is 0 Å². The first-order valence-corrected chi connectivity index (χ1v) is 4.09. The van der Waals surface area contributed by atoms with Gasteiger partial charge in [-0.1, -0.05) is 5.16 Å². The van der Waals surface area contributed by atoms with Gasteiger partial charge in [0.2, 0.25) is 0 Å². The molecule has 3 nitrogen and oxygen atoms in total. The summed E-state index contributed by atoms with van der Waals surface area (Å²) in [5.74, 6) is 0. The number of hydrogen-bond donors (Lipinski definition) is 0. The van der Waals surface area contributed by atoms with Crippen LogP contribution >= 0.6 is 0 Å². The average Bonchev–Trinajstić information content (AvgIpc) is 2.76. The molecule has 1 aromatic heterocycles. The van der Waals surface area contributed by atoms with Crippen LogP contribution in [0.5, 0.6) is 0 Å². The van der Waals surface area contributed by atoms with Crippen molar-refractivity contribution >= 4 is 6.21 Å². The third kappa shape index (κ3) is 0.682. The molecule has 2 unspecified atom stereocenters. The molecule has 2 atom stereocenters. The summed E-state index contributed by atoms with van der Waals surface area (Å²) >= 11 is 0. The SMILES string of the molecule is [2H]C1c2cccn2CC12CC=NO2. The topological polar surface area (TPSA) is 26.5 Å². The van der Waals surface area contributed by atoms with E-state index in [1.807, 2.05) is 18.3 Å². The molecule has 0 aromatic carbocycles. The van der Waals surface area contributed by atoms with Crippen LogP contribution in [-0.4, -0.2) is 16.4 Å². The van der Waals surface area contributed by atoms with Crippen LogP contribution in [0.15, 0.2) is 23.5 Å². The van der Waals surface area contributed by atoms with Gasteiger partial charge in [0.15, 0.2) is 5.60 Å². The fourth-order valence-corrected chi connectivity index (χ4v) is 1.86. The molecule has 0 fully saturated rings. The largest absolute Gasteiger partial charge is 0.387 e. The van der Waals surface area contributed by atoms with Crippen molar-refractivity contribution in [3.63, 3.8) is 0 Å². The zero-order valence-electron chi connectivity index (χ0n) is 7.60. The van der Waals surface area contributed by atoms with Crippen molar-refractivity contribution in [3.8, 4) is 0 Å². The van der Waals surface area contributed by atoms with Crippen LogP contribution in [0.1, 0.15) is 13.5 Å². The standard InChI is InChI=1S/C9H10N2O/c1-2-8-6-9(3-4-10-12-9)7-11(8)5-1/h1-2,4-5H,3,6-7H2/i6D. The van der Waals surface area contributed by atoms with E-state index in [4.69, 9.17) is 6.21 Å². The highest BCUT2D eigenvalue weighted by molar-refractivity contribution is 5.60. The van der Waals surface area contributed by atoms with Gasteiger partial charge < -0.3 is 9.40 Å². The number of hydrogen-bond acceptors (Lipinski definition) is 2. The summed E-state index contributed by atoms with van der Waals surface area (Å²) in [6.45, 7) is 0.753. The van der Waals surface area contributed by atoms with Gasteiger partial charge in [-0.3, -0.25) is 0 Å². The second-order valence-electron chi connectivity index (χ2n) is 3.35. The summed E-state index contributed by atoms with van der Waals surface area (Å²) in [4.78, 5) is 5.32. The number of nitrogens with zero attached hydrogens (tertiary/aromatic N) is 2. The molecule has 0 aliphatic carbocycles. The average molecular weight is 163 g/mol. The maximum atomic E-state index is 8.05. The fourth-order valence-electron chi connectivity index (χ4n) is 1.86. The highest BCUT2D eigenvalue weighted by Gasteiger charge is 2.41. The fraction of sp³-hybridized carbons (Fsp3) is 0.444. The summed E-state index contributed by atoms with van der Waals surface area (Å²) in [6, 6.07) is 3.95. The highest BCUT2D eigenvalue weighted by atomic mass is 16.7. The summed E-state index contributed by atoms with van der Waals surface area (Å²) in [5.41, 5.74) is 0.627. The van der Waals surface area contributed by atoms with Crippen molar-refractivity contribution in [2.24, 2.45) is 5.16 Å². The van der Waals surface area contributed by atoms with Gasteiger partial charge in [-0.15, -0.1) is 0 Å². The summed E-state index contributed by atoms with van der Waals surface area (Å²) in [5, 5.41) is 3.77. The minimum Gasteiger partial charge on any atom is -0.387 e. The Bertz CT molecular complexity index is 363. The smallest absolute Gasteiger partial charge is 0.165 e. The van der Waals surface area contributed by atoms with Gasteiger partial charge in [-0.25, -0.2) is 0 Å². The van der Waals surface area contributed by atoms with E-state index in [2.05, 4.69) is 9.72 Å². The van der Waals surface area contributed by atoms with Crippen LogP contribution in [0.25, 0.3) is 0 Å². The maximum Gasteiger partial charge on any atom is 0.165 e. The second kappa shape index (κ2) is 1.91. The Morgan fingerprint density at radius 3 is 3.50 bits per heavy atom. The monoisotopic (exact) mass is 163 g/mol. The van der Waals surface area contributed by atoms with Crippen LogP contribution in [0.4, 0.5) is 0 Å². The predicted molar refractivity (Wildman–Crippen MR) is 45.1 cm³/mol. The lowest BCUT2D eigenvalue weighted by atomic mass is 9.98. The predicted octanol–water partition coefficient (Wildman–Crippen LogP) is 1.19. The van der Waals surface area contributed by atoms with E-state index in [1.54, 1.807) is 6.21 Å².